The highest BCUT2D eigenvalue weighted by Crippen LogP contribution is 2.16. The molecule has 1 amide bonds. The van der Waals surface area contributed by atoms with Crippen LogP contribution in [0, 0.1) is 20.8 Å². The molecule has 7 heteroatoms. The van der Waals surface area contributed by atoms with Gasteiger partial charge in [0.2, 0.25) is 5.91 Å². The summed E-state index contributed by atoms with van der Waals surface area (Å²) in [4.78, 5) is 16.2. The number of nitrogens with one attached hydrogen (secondary N) is 1. The molecule has 0 atom stereocenters. The fraction of sp³-hybridized carbons (Fsp3) is 0.222. The minimum Gasteiger partial charge on any atom is -0.273 e. The molecule has 128 valence electrons. The van der Waals surface area contributed by atoms with Crippen LogP contribution in [-0.2, 0) is 11.2 Å². The van der Waals surface area contributed by atoms with Crippen molar-refractivity contribution in [2.24, 2.45) is 5.10 Å². The molecule has 0 aliphatic rings. The van der Waals surface area contributed by atoms with Gasteiger partial charge in [-0.15, -0.1) is 11.3 Å². The highest BCUT2D eigenvalue weighted by molar-refractivity contribution is 7.09. The Hall–Kier alpha value is -2.80. The molecule has 0 unspecified atom stereocenters. The number of carbonyl (C=O) groups is 1. The molecule has 2 aromatic heterocycles. The number of benzene rings is 1. The third-order valence-corrected chi connectivity index (χ3v) is 4.56. The minimum atomic E-state index is -0.188. The predicted molar refractivity (Wildman–Crippen MR) is 99.3 cm³/mol. The smallest absolute Gasteiger partial charge is 0.246 e. The number of hydrazone groups is 1. The van der Waals surface area contributed by atoms with Crippen molar-refractivity contribution < 1.29 is 4.79 Å². The molecule has 25 heavy (non-hydrogen) atoms. The molecule has 0 bridgehead atoms. The largest absolute Gasteiger partial charge is 0.273 e. The van der Waals surface area contributed by atoms with Crippen LogP contribution >= 0.6 is 11.3 Å². The summed E-state index contributed by atoms with van der Waals surface area (Å²) < 4.78 is 1.87. The Balaban J connectivity index is 1.69. The van der Waals surface area contributed by atoms with E-state index in [1.54, 1.807) is 6.21 Å². The number of hydrogen-bond acceptors (Lipinski definition) is 5. The molecule has 0 aliphatic heterocycles. The number of carbonyl (C=O) groups excluding carboxylic acids is 1. The van der Waals surface area contributed by atoms with Crippen LogP contribution in [0.15, 0.2) is 40.8 Å². The lowest BCUT2D eigenvalue weighted by molar-refractivity contribution is -0.120. The average Bonchev–Trinajstić information content (AvgIpc) is 3.13. The van der Waals surface area contributed by atoms with Crippen LogP contribution < -0.4 is 5.43 Å². The molecular weight excluding hydrogens is 334 g/mol. The van der Waals surface area contributed by atoms with Gasteiger partial charge in [-0.1, -0.05) is 18.2 Å². The number of para-hydroxylation sites is 1. The summed E-state index contributed by atoms with van der Waals surface area (Å²) in [7, 11) is 0. The maximum Gasteiger partial charge on any atom is 0.246 e. The van der Waals surface area contributed by atoms with Crippen molar-refractivity contribution in [3.63, 3.8) is 0 Å². The van der Waals surface area contributed by atoms with E-state index in [1.807, 2.05) is 61.2 Å². The quantitative estimate of drug-likeness (QED) is 0.566. The molecule has 1 N–H and O–H groups in total. The maximum absolute atomic E-state index is 11.9. The molecule has 0 radical (unpaired) electrons. The van der Waals surface area contributed by atoms with Crippen molar-refractivity contribution in [2.45, 2.75) is 27.2 Å². The molecule has 0 saturated carbocycles. The molecule has 0 spiro atoms. The molecule has 3 aromatic rings. The van der Waals surface area contributed by atoms with E-state index in [4.69, 9.17) is 0 Å². The first-order valence-electron chi connectivity index (χ1n) is 7.89. The number of aromatic nitrogens is 3. The summed E-state index contributed by atoms with van der Waals surface area (Å²) in [5, 5.41) is 11.5. The topological polar surface area (TPSA) is 72.2 Å². The Bertz CT molecular complexity index is 911. The first-order valence-corrected chi connectivity index (χ1v) is 8.77. The zero-order valence-corrected chi connectivity index (χ0v) is 15.2. The van der Waals surface area contributed by atoms with Gasteiger partial charge in [0.25, 0.3) is 0 Å². The molecule has 0 fully saturated rings. The third-order valence-electron chi connectivity index (χ3n) is 3.74. The van der Waals surface area contributed by atoms with E-state index in [0.717, 1.165) is 33.3 Å². The van der Waals surface area contributed by atoms with E-state index in [2.05, 4.69) is 20.6 Å². The summed E-state index contributed by atoms with van der Waals surface area (Å²) in [6.45, 7) is 5.82. The fourth-order valence-electron chi connectivity index (χ4n) is 2.52. The zero-order valence-electron chi connectivity index (χ0n) is 14.4. The van der Waals surface area contributed by atoms with E-state index in [1.165, 1.54) is 11.3 Å². The van der Waals surface area contributed by atoms with Gasteiger partial charge < -0.3 is 0 Å². The summed E-state index contributed by atoms with van der Waals surface area (Å²) in [6.07, 6.45) is 1.87. The highest BCUT2D eigenvalue weighted by Gasteiger charge is 2.11. The van der Waals surface area contributed by atoms with E-state index >= 15 is 0 Å². The Kier molecular flexibility index (Phi) is 5.04. The number of rotatable bonds is 5. The molecule has 3 rings (SSSR count). The second kappa shape index (κ2) is 7.40. The van der Waals surface area contributed by atoms with Crippen molar-refractivity contribution >= 4 is 23.5 Å². The SMILES string of the molecule is Cc1nc(CC(=O)N/N=C\c2c(C)nn(-c3ccccc3)c2C)cs1. The standard InChI is InChI=1S/C18H19N5OS/c1-12-17(13(2)23(22-12)16-7-5-4-6-8-16)10-19-21-18(24)9-15-11-25-14(3)20-15/h4-8,10-11H,9H2,1-3H3,(H,21,24)/b19-10-. The second-order valence-electron chi connectivity index (χ2n) is 5.66. The minimum absolute atomic E-state index is 0.188. The Labute approximate surface area is 150 Å². The van der Waals surface area contributed by atoms with Crippen molar-refractivity contribution in [2.75, 3.05) is 0 Å². The Morgan fingerprint density at radius 2 is 2.04 bits per heavy atom. The summed E-state index contributed by atoms with van der Waals surface area (Å²) in [5.74, 6) is -0.188. The molecule has 2 heterocycles. The number of hydrogen-bond donors (Lipinski definition) is 1. The lowest BCUT2D eigenvalue weighted by Crippen LogP contribution is -2.20. The van der Waals surface area contributed by atoms with Gasteiger partial charge in [0.15, 0.2) is 0 Å². The van der Waals surface area contributed by atoms with Crippen molar-refractivity contribution in [1.29, 1.82) is 0 Å². The number of thiazole rings is 1. The van der Waals surface area contributed by atoms with Crippen molar-refractivity contribution in [3.8, 4) is 5.69 Å². The number of amides is 1. The van der Waals surface area contributed by atoms with Crippen LogP contribution in [0.4, 0.5) is 0 Å². The molecule has 0 saturated heterocycles. The summed E-state index contributed by atoms with van der Waals surface area (Å²) in [5.41, 5.74) is 7.03. The van der Waals surface area contributed by atoms with Crippen LogP contribution in [0.2, 0.25) is 0 Å². The van der Waals surface area contributed by atoms with Crippen LogP contribution in [0.3, 0.4) is 0 Å². The van der Waals surface area contributed by atoms with E-state index in [0.29, 0.717) is 0 Å². The zero-order chi connectivity index (χ0) is 17.8. The summed E-state index contributed by atoms with van der Waals surface area (Å²) >= 11 is 1.53. The van der Waals surface area contributed by atoms with E-state index < -0.39 is 0 Å². The lowest BCUT2D eigenvalue weighted by atomic mass is 10.2. The average molecular weight is 353 g/mol. The Morgan fingerprint density at radius 1 is 1.28 bits per heavy atom. The lowest BCUT2D eigenvalue weighted by Gasteiger charge is -2.03. The van der Waals surface area contributed by atoms with Crippen LogP contribution in [0.1, 0.15) is 27.7 Å². The molecular formula is C18H19N5OS. The fourth-order valence-corrected chi connectivity index (χ4v) is 3.14. The first kappa shape index (κ1) is 17.0. The van der Waals surface area contributed by atoms with Crippen LogP contribution in [0.25, 0.3) is 5.69 Å². The predicted octanol–water partition coefficient (Wildman–Crippen LogP) is 2.95. The Morgan fingerprint density at radius 3 is 2.72 bits per heavy atom. The van der Waals surface area contributed by atoms with Gasteiger partial charge in [-0.05, 0) is 32.9 Å². The number of nitrogens with zero attached hydrogens (tertiary/aromatic N) is 4. The van der Waals surface area contributed by atoms with Gasteiger partial charge in [-0.3, -0.25) is 4.79 Å². The van der Waals surface area contributed by atoms with Crippen LogP contribution in [-0.4, -0.2) is 26.9 Å². The van der Waals surface area contributed by atoms with Gasteiger partial charge in [0.1, 0.15) is 0 Å². The van der Waals surface area contributed by atoms with Crippen molar-refractivity contribution in [1.82, 2.24) is 20.2 Å². The second-order valence-corrected chi connectivity index (χ2v) is 6.72. The van der Waals surface area contributed by atoms with Gasteiger partial charge >= 0.3 is 0 Å². The van der Waals surface area contributed by atoms with E-state index in [-0.39, 0.29) is 12.3 Å². The number of aryl methyl sites for hydroxylation is 2. The highest BCUT2D eigenvalue weighted by atomic mass is 32.1. The van der Waals surface area contributed by atoms with Gasteiger partial charge in [0, 0.05) is 10.9 Å². The maximum atomic E-state index is 11.9. The van der Waals surface area contributed by atoms with Gasteiger partial charge in [-0.25, -0.2) is 15.1 Å². The van der Waals surface area contributed by atoms with Crippen molar-refractivity contribution in [3.05, 3.63) is 63.4 Å². The van der Waals surface area contributed by atoms with Gasteiger partial charge in [0.05, 0.1) is 40.4 Å². The monoisotopic (exact) mass is 353 g/mol. The molecule has 6 nitrogen and oxygen atoms in total. The van der Waals surface area contributed by atoms with Gasteiger partial charge in [-0.2, -0.15) is 10.2 Å². The van der Waals surface area contributed by atoms with Crippen LogP contribution in [0.5, 0.6) is 0 Å². The third kappa shape index (κ3) is 4.00. The summed E-state index contributed by atoms with van der Waals surface area (Å²) in [6, 6.07) is 9.91. The molecule has 0 aliphatic carbocycles. The molecule has 1 aromatic carbocycles. The normalized spacial score (nSPS) is 11.2. The first-order chi connectivity index (χ1) is 12.0. The van der Waals surface area contributed by atoms with E-state index in [9.17, 15) is 4.79 Å².